The zero-order chi connectivity index (χ0) is 11.2. The molecule has 1 N–H and O–H groups in total. The first-order valence-corrected chi connectivity index (χ1v) is 8.65. The van der Waals surface area contributed by atoms with E-state index < -0.39 is 0 Å². The predicted octanol–water partition coefficient (Wildman–Crippen LogP) is 2.88. The van der Waals surface area contributed by atoms with Gasteiger partial charge in [0.05, 0.1) is 0 Å². The van der Waals surface area contributed by atoms with Gasteiger partial charge in [-0.25, -0.2) is 0 Å². The third-order valence-electron chi connectivity index (χ3n) is 2.65. The van der Waals surface area contributed by atoms with Crippen molar-refractivity contribution >= 4 is 34.9 Å². The molecule has 2 heterocycles. The van der Waals surface area contributed by atoms with E-state index in [-0.39, 0.29) is 0 Å². The number of thioether (sulfide) groups is 2. The molecule has 90 valence electrons. The van der Waals surface area contributed by atoms with Crippen LogP contribution in [0, 0.1) is 0 Å². The number of rotatable bonds is 6. The van der Waals surface area contributed by atoms with Crippen molar-refractivity contribution in [2.75, 3.05) is 18.6 Å². The Hall–Kier alpha value is 0.220. The molecule has 3 nitrogen and oxygen atoms in total. The van der Waals surface area contributed by atoms with Crippen molar-refractivity contribution < 1.29 is 0 Å². The molecule has 1 unspecified atom stereocenters. The Morgan fingerprint density at radius 2 is 2.31 bits per heavy atom. The van der Waals surface area contributed by atoms with Gasteiger partial charge < -0.3 is 5.32 Å². The molecular formula is C10H17N3S3. The minimum absolute atomic E-state index is 0.775. The fraction of sp³-hybridized carbons (Fsp3) is 0.800. The van der Waals surface area contributed by atoms with Crippen molar-refractivity contribution in [2.24, 2.45) is 0 Å². The lowest BCUT2D eigenvalue weighted by Crippen LogP contribution is -2.20. The Morgan fingerprint density at radius 1 is 1.44 bits per heavy atom. The van der Waals surface area contributed by atoms with Gasteiger partial charge >= 0.3 is 0 Å². The quantitative estimate of drug-likeness (QED) is 0.638. The number of hydrogen-bond donors (Lipinski definition) is 1. The van der Waals surface area contributed by atoms with Gasteiger partial charge in [0.15, 0.2) is 8.68 Å². The molecule has 2 rings (SSSR count). The van der Waals surface area contributed by atoms with E-state index in [2.05, 4.69) is 15.5 Å². The number of nitrogens with one attached hydrogen (secondary N) is 1. The lowest BCUT2D eigenvalue weighted by atomic mass is 10.1. The van der Waals surface area contributed by atoms with Gasteiger partial charge in [-0.3, -0.25) is 0 Å². The Labute approximate surface area is 109 Å². The maximum absolute atomic E-state index is 4.15. The maximum Gasteiger partial charge on any atom is 0.175 e. The summed E-state index contributed by atoms with van der Waals surface area (Å²) in [6.07, 6.45) is 7.34. The van der Waals surface area contributed by atoms with Gasteiger partial charge in [0.25, 0.3) is 0 Å². The molecule has 1 atom stereocenters. The molecule has 1 aromatic rings. The Balaban J connectivity index is 1.60. The van der Waals surface area contributed by atoms with Crippen molar-refractivity contribution in [3.05, 3.63) is 0 Å². The van der Waals surface area contributed by atoms with Crippen LogP contribution in [0.5, 0.6) is 0 Å². The molecule has 1 aromatic heterocycles. The fourth-order valence-electron chi connectivity index (χ4n) is 1.83. The number of hydrogen-bond acceptors (Lipinski definition) is 6. The van der Waals surface area contributed by atoms with E-state index in [0.29, 0.717) is 0 Å². The van der Waals surface area contributed by atoms with Gasteiger partial charge in [-0.05, 0) is 38.5 Å². The first kappa shape index (κ1) is 12.7. The normalized spacial score (nSPS) is 20.4. The highest BCUT2D eigenvalue weighted by Gasteiger charge is 2.13. The van der Waals surface area contributed by atoms with Crippen LogP contribution in [0.15, 0.2) is 8.68 Å². The van der Waals surface area contributed by atoms with Crippen LogP contribution in [0.3, 0.4) is 0 Å². The van der Waals surface area contributed by atoms with Crippen molar-refractivity contribution in [1.82, 2.24) is 15.5 Å². The van der Waals surface area contributed by atoms with Crippen LogP contribution in [0.4, 0.5) is 0 Å². The summed E-state index contributed by atoms with van der Waals surface area (Å²) in [5.41, 5.74) is 0. The molecule has 1 aliphatic rings. The van der Waals surface area contributed by atoms with Crippen LogP contribution in [-0.2, 0) is 0 Å². The Morgan fingerprint density at radius 3 is 3.00 bits per heavy atom. The standard InChI is InChI=1S/C10H17N3S3/c1-14-9-12-13-10(16-9)15-7-3-5-8-4-2-6-11-8/h8,11H,2-7H2,1H3. The summed E-state index contributed by atoms with van der Waals surface area (Å²) in [7, 11) is 0. The molecule has 16 heavy (non-hydrogen) atoms. The second-order valence-electron chi connectivity index (χ2n) is 3.82. The molecule has 0 bridgehead atoms. The SMILES string of the molecule is CSc1nnc(SCCCC2CCCN2)s1. The molecule has 1 aliphatic heterocycles. The molecule has 0 aromatic carbocycles. The van der Waals surface area contributed by atoms with E-state index in [1.165, 1.54) is 38.0 Å². The molecule has 6 heteroatoms. The summed E-state index contributed by atoms with van der Waals surface area (Å²) in [6.45, 7) is 1.21. The van der Waals surface area contributed by atoms with Gasteiger partial charge in [0.1, 0.15) is 0 Å². The maximum atomic E-state index is 4.15. The minimum atomic E-state index is 0.775. The third kappa shape index (κ3) is 3.91. The van der Waals surface area contributed by atoms with Crippen molar-refractivity contribution in [3.63, 3.8) is 0 Å². The molecule has 0 aliphatic carbocycles. The van der Waals surface area contributed by atoms with Gasteiger partial charge in [0.2, 0.25) is 0 Å². The Bertz CT molecular complexity index is 310. The zero-order valence-electron chi connectivity index (χ0n) is 9.44. The highest BCUT2D eigenvalue weighted by molar-refractivity contribution is 8.02. The summed E-state index contributed by atoms with van der Waals surface area (Å²) >= 11 is 5.22. The van der Waals surface area contributed by atoms with Crippen molar-refractivity contribution in [2.45, 2.75) is 40.4 Å². The molecule has 1 saturated heterocycles. The highest BCUT2D eigenvalue weighted by atomic mass is 32.2. The molecular weight excluding hydrogens is 258 g/mol. The van der Waals surface area contributed by atoms with E-state index in [1.807, 2.05) is 18.0 Å². The fourth-order valence-corrected chi connectivity index (χ4v) is 4.30. The molecule has 0 spiro atoms. The predicted molar refractivity (Wildman–Crippen MR) is 72.7 cm³/mol. The van der Waals surface area contributed by atoms with E-state index in [0.717, 1.165) is 14.7 Å². The van der Waals surface area contributed by atoms with Crippen LogP contribution < -0.4 is 5.32 Å². The van der Waals surface area contributed by atoms with E-state index in [1.54, 1.807) is 23.1 Å². The second-order valence-corrected chi connectivity index (χ2v) is 7.19. The third-order valence-corrected chi connectivity index (χ3v) is 5.77. The lowest BCUT2D eigenvalue weighted by Gasteiger charge is -2.08. The minimum Gasteiger partial charge on any atom is -0.314 e. The van der Waals surface area contributed by atoms with E-state index in [9.17, 15) is 0 Å². The summed E-state index contributed by atoms with van der Waals surface area (Å²) in [6, 6.07) is 0.775. The van der Waals surface area contributed by atoms with Gasteiger partial charge in [-0.1, -0.05) is 34.9 Å². The van der Waals surface area contributed by atoms with Crippen LogP contribution in [0.1, 0.15) is 25.7 Å². The molecule has 0 saturated carbocycles. The van der Waals surface area contributed by atoms with Crippen LogP contribution in [0.2, 0.25) is 0 Å². The first-order valence-electron chi connectivity index (χ1n) is 5.62. The van der Waals surface area contributed by atoms with Crippen LogP contribution in [0.25, 0.3) is 0 Å². The van der Waals surface area contributed by atoms with Gasteiger partial charge in [-0.2, -0.15) is 0 Å². The molecule has 0 amide bonds. The van der Waals surface area contributed by atoms with Gasteiger partial charge in [0, 0.05) is 11.8 Å². The summed E-state index contributed by atoms with van der Waals surface area (Å²) in [4.78, 5) is 0. The lowest BCUT2D eigenvalue weighted by molar-refractivity contribution is 0.553. The monoisotopic (exact) mass is 275 g/mol. The first-order chi connectivity index (χ1) is 7.88. The van der Waals surface area contributed by atoms with Crippen LogP contribution >= 0.6 is 34.9 Å². The average Bonchev–Trinajstić information content (AvgIpc) is 2.95. The van der Waals surface area contributed by atoms with Crippen molar-refractivity contribution in [1.29, 1.82) is 0 Å². The summed E-state index contributed by atoms with van der Waals surface area (Å²) in [5.74, 6) is 1.17. The largest absolute Gasteiger partial charge is 0.314 e. The van der Waals surface area contributed by atoms with Crippen molar-refractivity contribution in [3.8, 4) is 0 Å². The molecule has 0 radical (unpaired) electrons. The van der Waals surface area contributed by atoms with Crippen LogP contribution in [-0.4, -0.2) is 34.8 Å². The smallest absolute Gasteiger partial charge is 0.175 e. The average molecular weight is 275 g/mol. The topological polar surface area (TPSA) is 37.8 Å². The highest BCUT2D eigenvalue weighted by Crippen LogP contribution is 2.28. The van der Waals surface area contributed by atoms with E-state index in [4.69, 9.17) is 0 Å². The molecule has 1 fully saturated rings. The Kier molecular flexibility index (Phi) is 5.41. The van der Waals surface area contributed by atoms with Gasteiger partial charge in [-0.15, -0.1) is 10.2 Å². The summed E-state index contributed by atoms with van der Waals surface area (Å²) < 4.78 is 2.18. The second kappa shape index (κ2) is 6.83. The zero-order valence-corrected chi connectivity index (χ0v) is 11.9. The summed E-state index contributed by atoms with van der Waals surface area (Å²) in [5, 5.41) is 11.8. The van der Waals surface area contributed by atoms with E-state index >= 15 is 0 Å². The number of nitrogens with zero attached hydrogens (tertiary/aromatic N) is 2. The number of aromatic nitrogens is 2.